The van der Waals surface area contributed by atoms with Gasteiger partial charge >= 0.3 is 0 Å². The highest BCUT2D eigenvalue weighted by molar-refractivity contribution is 9.08. The summed E-state index contributed by atoms with van der Waals surface area (Å²) in [5.41, 5.74) is 1.28. The zero-order chi connectivity index (χ0) is 14.1. The summed E-state index contributed by atoms with van der Waals surface area (Å²) in [5, 5.41) is 2.95. The van der Waals surface area contributed by atoms with Gasteiger partial charge in [0.05, 0.1) is 5.69 Å². The summed E-state index contributed by atoms with van der Waals surface area (Å²) < 4.78 is 2.21. The smallest absolute Gasteiger partial charge is 0.195 e. The Morgan fingerprint density at radius 2 is 2.25 bits per heavy atom. The summed E-state index contributed by atoms with van der Waals surface area (Å²) in [6.45, 7) is 9.00. The van der Waals surface area contributed by atoms with E-state index in [-0.39, 0.29) is 0 Å². The number of hydrogen-bond donors (Lipinski definition) is 0. The van der Waals surface area contributed by atoms with E-state index in [9.17, 15) is 0 Å². The fourth-order valence-electron chi connectivity index (χ4n) is 3.17. The van der Waals surface area contributed by atoms with Gasteiger partial charge in [0.25, 0.3) is 0 Å². The number of hydrogen-bond acceptors (Lipinski definition) is 4. The Morgan fingerprint density at radius 3 is 2.95 bits per heavy atom. The number of halogens is 1. The minimum absolute atomic E-state index is 0.674. The van der Waals surface area contributed by atoms with Crippen LogP contribution in [0.2, 0.25) is 0 Å². The van der Waals surface area contributed by atoms with Crippen LogP contribution in [-0.2, 0) is 5.33 Å². The van der Waals surface area contributed by atoms with E-state index in [0.29, 0.717) is 6.04 Å². The van der Waals surface area contributed by atoms with E-state index >= 15 is 0 Å². The molecule has 3 heterocycles. The van der Waals surface area contributed by atoms with Crippen LogP contribution in [0.15, 0.2) is 11.6 Å². The molecule has 0 amide bonds. The van der Waals surface area contributed by atoms with Crippen molar-refractivity contribution in [3.8, 4) is 0 Å². The van der Waals surface area contributed by atoms with Gasteiger partial charge in [-0.05, 0) is 19.5 Å². The van der Waals surface area contributed by atoms with Crippen molar-refractivity contribution in [3.05, 3.63) is 17.3 Å². The zero-order valence-corrected chi connectivity index (χ0v) is 14.5. The van der Waals surface area contributed by atoms with Crippen LogP contribution < -0.4 is 4.90 Å². The molecule has 0 saturated carbocycles. The van der Waals surface area contributed by atoms with Gasteiger partial charge in [-0.25, -0.2) is 4.98 Å². The first-order chi connectivity index (χ1) is 9.78. The Balaban J connectivity index is 1.84. The fourth-order valence-corrected chi connectivity index (χ4v) is 4.42. The third-order valence-electron chi connectivity index (χ3n) is 4.26. The molecule has 3 rings (SSSR count). The predicted octanol–water partition coefficient (Wildman–Crippen LogP) is 3.21. The lowest BCUT2D eigenvalue weighted by atomic mass is 10.2. The van der Waals surface area contributed by atoms with Crippen LogP contribution in [0.3, 0.4) is 0 Å². The summed E-state index contributed by atoms with van der Waals surface area (Å²) >= 11 is 5.33. The lowest BCUT2D eigenvalue weighted by Gasteiger charge is -2.26. The Labute approximate surface area is 132 Å². The van der Waals surface area contributed by atoms with Gasteiger partial charge in [-0.2, -0.15) is 0 Å². The number of aromatic nitrogens is 2. The van der Waals surface area contributed by atoms with Crippen molar-refractivity contribution in [1.29, 1.82) is 0 Å². The Kier molecular flexibility index (Phi) is 4.33. The number of likely N-dealkylation sites (N-methyl/N-ethyl adjacent to an activating group) is 1. The van der Waals surface area contributed by atoms with Crippen LogP contribution in [0.5, 0.6) is 0 Å². The van der Waals surface area contributed by atoms with Crippen LogP contribution in [-0.4, -0.2) is 46.5 Å². The highest BCUT2D eigenvalue weighted by Gasteiger charge is 2.29. The molecule has 1 saturated heterocycles. The van der Waals surface area contributed by atoms with Crippen molar-refractivity contribution in [3.63, 3.8) is 0 Å². The summed E-state index contributed by atoms with van der Waals surface area (Å²) in [4.78, 5) is 10.9. The number of thiazole rings is 1. The number of rotatable bonds is 5. The molecule has 0 bridgehead atoms. The standard InChI is InChI=1S/C14H21BrN4S/c1-3-17(4-2)11-5-6-18(10-11)13-12(9-15)19-7-8-20-14(19)16-13/h7-8,11H,3-6,9-10H2,1-2H3. The Bertz CT molecular complexity index is 575. The molecule has 110 valence electrons. The topological polar surface area (TPSA) is 23.8 Å². The third kappa shape index (κ3) is 2.38. The molecule has 20 heavy (non-hydrogen) atoms. The maximum atomic E-state index is 4.83. The molecule has 0 aromatic carbocycles. The van der Waals surface area contributed by atoms with Gasteiger partial charge in [0.2, 0.25) is 0 Å². The maximum absolute atomic E-state index is 4.83. The molecule has 1 unspecified atom stereocenters. The van der Waals surface area contributed by atoms with Gasteiger partial charge in [-0.1, -0.05) is 29.8 Å². The van der Waals surface area contributed by atoms with Crippen molar-refractivity contribution in [2.24, 2.45) is 0 Å². The first-order valence-corrected chi connectivity index (χ1v) is 9.28. The minimum atomic E-state index is 0.674. The number of alkyl halides is 1. The van der Waals surface area contributed by atoms with Crippen molar-refractivity contribution in [1.82, 2.24) is 14.3 Å². The molecule has 0 radical (unpaired) electrons. The van der Waals surface area contributed by atoms with Crippen molar-refractivity contribution in [2.45, 2.75) is 31.6 Å². The van der Waals surface area contributed by atoms with E-state index in [1.807, 2.05) is 0 Å². The van der Waals surface area contributed by atoms with Crippen LogP contribution in [0.25, 0.3) is 4.96 Å². The fraction of sp³-hybridized carbons (Fsp3) is 0.643. The first kappa shape index (κ1) is 14.4. The summed E-state index contributed by atoms with van der Waals surface area (Å²) in [7, 11) is 0. The van der Waals surface area contributed by atoms with E-state index in [1.54, 1.807) is 11.3 Å². The average molecular weight is 357 g/mol. The molecule has 0 N–H and O–H groups in total. The molecular formula is C14H21BrN4S. The second kappa shape index (κ2) is 6.03. The SMILES string of the molecule is CCN(CC)C1CCN(c2nc3sccn3c2CBr)C1. The van der Waals surface area contributed by atoms with Crippen LogP contribution in [0.4, 0.5) is 5.82 Å². The van der Waals surface area contributed by atoms with Gasteiger partial charge < -0.3 is 4.90 Å². The molecule has 4 nitrogen and oxygen atoms in total. The second-order valence-electron chi connectivity index (χ2n) is 5.18. The Morgan fingerprint density at radius 1 is 1.45 bits per heavy atom. The van der Waals surface area contributed by atoms with Crippen LogP contribution >= 0.6 is 27.3 Å². The molecule has 0 spiro atoms. The predicted molar refractivity (Wildman–Crippen MR) is 89.2 cm³/mol. The van der Waals surface area contributed by atoms with E-state index in [4.69, 9.17) is 4.98 Å². The third-order valence-corrected chi connectivity index (χ3v) is 5.55. The van der Waals surface area contributed by atoms with Crippen molar-refractivity contribution in [2.75, 3.05) is 31.1 Å². The second-order valence-corrected chi connectivity index (χ2v) is 6.61. The average Bonchev–Trinajstić information content (AvgIpc) is 3.14. The normalized spacial score (nSPS) is 19.6. The quantitative estimate of drug-likeness (QED) is 0.768. The zero-order valence-electron chi connectivity index (χ0n) is 12.0. The van der Waals surface area contributed by atoms with Crippen LogP contribution in [0, 0.1) is 0 Å². The Hall–Kier alpha value is -0.590. The molecule has 1 aliphatic heterocycles. The molecule has 2 aromatic rings. The monoisotopic (exact) mass is 356 g/mol. The first-order valence-electron chi connectivity index (χ1n) is 7.27. The number of imidazole rings is 1. The van der Waals surface area contributed by atoms with E-state index in [0.717, 1.165) is 36.5 Å². The summed E-state index contributed by atoms with van der Waals surface area (Å²) in [5.74, 6) is 1.17. The van der Waals surface area contributed by atoms with E-state index in [2.05, 4.69) is 55.6 Å². The van der Waals surface area contributed by atoms with Gasteiger partial charge in [0, 0.05) is 36.0 Å². The molecule has 2 aromatic heterocycles. The molecule has 0 aliphatic carbocycles. The molecule has 1 atom stereocenters. The van der Waals surface area contributed by atoms with Gasteiger partial charge in [-0.15, -0.1) is 11.3 Å². The number of anilines is 1. The van der Waals surface area contributed by atoms with Crippen LogP contribution in [0.1, 0.15) is 26.0 Å². The van der Waals surface area contributed by atoms with E-state index in [1.165, 1.54) is 17.9 Å². The molecule has 1 aliphatic rings. The van der Waals surface area contributed by atoms with Crippen molar-refractivity contribution < 1.29 is 0 Å². The highest BCUT2D eigenvalue weighted by Crippen LogP contribution is 2.29. The summed E-state index contributed by atoms with van der Waals surface area (Å²) in [6, 6.07) is 0.674. The summed E-state index contributed by atoms with van der Waals surface area (Å²) in [6.07, 6.45) is 3.36. The van der Waals surface area contributed by atoms with Gasteiger partial charge in [-0.3, -0.25) is 9.30 Å². The largest absolute Gasteiger partial charge is 0.353 e. The van der Waals surface area contributed by atoms with Gasteiger partial charge in [0.1, 0.15) is 0 Å². The lowest BCUT2D eigenvalue weighted by Crippen LogP contribution is -2.37. The molecule has 6 heteroatoms. The minimum Gasteiger partial charge on any atom is -0.353 e. The number of nitrogens with zero attached hydrogens (tertiary/aromatic N) is 4. The maximum Gasteiger partial charge on any atom is 0.195 e. The van der Waals surface area contributed by atoms with Gasteiger partial charge in [0.15, 0.2) is 10.8 Å². The highest BCUT2D eigenvalue weighted by atomic mass is 79.9. The molecular weight excluding hydrogens is 336 g/mol. The van der Waals surface area contributed by atoms with E-state index < -0.39 is 0 Å². The lowest BCUT2D eigenvalue weighted by molar-refractivity contribution is 0.232. The number of fused-ring (bicyclic) bond motifs is 1. The van der Waals surface area contributed by atoms with Crippen molar-refractivity contribution >= 4 is 38.0 Å². The molecule has 1 fully saturated rings.